The van der Waals surface area contributed by atoms with Gasteiger partial charge in [0.1, 0.15) is 18.1 Å². The zero-order chi connectivity index (χ0) is 23.7. The third-order valence-electron chi connectivity index (χ3n) is 4.80. The first-order valence-electron chi connectivity index (χ1n) is 9.88. The lowest BCUT2D eigenvalue weighted by Gasteiger charge is -2.23. The molecule has 1 saturated heterocycles. The molecule has 1 aliphatic heterocycles. The highest BCUT2D eigenvalue weighted by Gasteiger charge is 2.32. The van der Waals surface area contributed by atoms with E-state index in [9.17, 15) is 34.2 Å². The second-order valence-electron chi connectivity index (χ2n) is 7.23. The number of amides is 3. The molecule has 2 rings (SSSR count). The number of nitrogens with zero attached hydrogens (tertiary/aromatic N) is 1. The smallest absolute Gasteiger partial charge is 0.326 e. The fourth-order valence-corrected chi connectivity index (χ4v) is 3.12. The lowest BCUT2D eigenvalue weighted by molar-refractivity contribution is -0.143. The molecule has 0 radical (unpaired) electrons. The van der Waals surface area contributed by atoms with Gasteiger partial charge in [-0.15, -0.1) is 0 Å². The zero-order valence-electron chi connectivity index (χ0n) is 17.0. The highest BCUT2D eigenvalue weighted by atomic mass is 16.4. The second kappa shape index (κ2) is 11.8. The number of aliphatic carboxylic acids is 2. The summed E-state index contributed by atoms with van der Waals surface area (Å²) in [4.78, 5) is 66.3. The van der Waals surface area contributed by atoms with Crippen LogP contribution >= 0.6 is 0 Å². The first-order valence-corrected chi connectivity index (χ1v) is 9.88. The number of aromatic nitrogens is 2. The van der Waals surface area contributed by atoms with Crippen LogP contribution in [0.1, 0.15) is 25.0 Å². The number of imidazole rings is 1. The number of aliphatic hydroxyl groups is 1. The Labute approximate surface area is 182 Å². The van der Waals surface area contributed by atoms with Crippen LogP contribution in [0.25, 0.3) is 0 Å². The van der Waals surface area contributed by atoms with Gasteiger partial charge in [0.15, 0.2) is 0 Å². The lowest BCUT2D eigenvalue weighted by Crippen LogP contribution is -2.58. The van der Waals surface area contributed by atoms with Crippen LogP contribution in [0.4, 0.5) is 0 Å². The van der Waals surface area contributed by atoms with Gasteiger partial charge < -0.3 is 41.6 Å². The minimum absolute atomic E-state index is 0.154. The number of H-pyrrole nitrogens is 1. The average Bonchev–Trinajstić information content (AvgIpc) is 3.44. The Morgan fingerprint density at radius 2 is 1.75 bits per heavy atom. The molecule has 0 saturated carbocycles. The monoisotopic (exact) mass is 454 g/mol. The molecule has 1 aliphatic rings. The predicted octanol–water partition coefficient (Wildman–Crippen LogP) is -3.29. The molecule has 0 aromatic carbocycles. The van der Waals surface area contributed by atoms with E-state index in [1.807, 2.05) is 0 Å². The maximum Gasteiger partial charge on any atom is 0.326 e. The normalized spacial score (nSPS) is 18.2. The SMILES string of the molecule is O=C(O)CC(NC(=O)C(CO)NC(=O)C1CCCN1)C(=O)NC(Cc1cnc[nH]1)C(=O)O. The molecule has 14 nitrogen and oxygen atoms in total. The largest absolute Gasteiger partial charge is 0.481 e. The molecule has 0 aliphatic carbocycles. The summed E-state index contributed by atoms with van der Waals surface area (Å²) in [5.74, 6) is -5.35. The number of hydrogen-bond acceptors (Lipinski definition) is 8. The Balaban J connectivity index is 2.03. The van der Waals surface area contributed by atoms with Crippen molar-refractivity contribution in [2.24, 2.45) is 0 Å². The summed E-state index contributed by atoms with van der Waals surface area (Å²) in [6, 6.07) is -5.00. The Morgan fingerprint density at radius 1 is 1.06 bits per heavy atom. The molecule has 0 spiro atoms. The number of carbonyl (C=O) groups is 5. The summed E-state index contributed by atoms with van der Waals surface area (Å²) in [6.07, 6.45) is 3.03. The van der Waals surface area contributed by atoms with E-state index >= 15 is 0 Å². The highest BCUT2D eigenvalue weighted by Crippen LogP contribution is 2.06. The Kier molecular flexibility index (Phi) is 9.09. The summed E-state index contributed by atoms with van der Waals surface area (Å²) < 4.78 is 0. The van der Waals surface area contributed by atoms with E-state index in [0.717, 1.165) is 6.42 Å². The van der Waals surface area contributed by atoms with Gasteiger partial charge in [0.25, 0.3) is 0 Å². The van der Waals surface area contributed by atoms with E-state index < -0.39 is 66.9 Å². The topological polar surface area (TPSA) is 223 Å². The van der Waals surface area contributed by atoms with Crippen molar-refractivity contribution in [3.8, 4) is 0 Å². The molecular weight excluding hydrogens is 428 g/mol. The van der Waals surface area contributed by atoms with Crippen LogP contribution in [0.2, 0.25) is 0 Å². The molecule has 32 heavy (non-hydrogen) atoms. The number of nitrogens with one attached hydrogen (secondary N) is 5. The lowest BCUT2D eigenvalue weighted by atomic mass is 10.1. The van der Waals surface area contributed by atoms with Gasteiger partial charge in [0, 0.05) is 18.3 Å². The van der Waals surface area contributed by atoms with Crippen molar-refractivity contribution in [2.45, 2.75) is 49.9 Å². The van der Waals surface area contributed by atoms with Gasteiger partial charge in [-0.05, 0) is 19.4 Å². The molecule has 1 aromatic rings. The van der Waals surface area contributed by atoms with Crippen LogP contribution in [0.5, 0.6) is 0 Å². The highest BCUT2D eigenvalue weighted by molar-refractivity contribution is 5.95. The fraction of sp³-hybridized carbons (Fsp3) is 0.556. The van der Waals surface area contributed by atoms with Crippen molar-refractivity contribution < 1.29 is 39.3 Å². The van der Waals surface area contributed by atoms with Crippen LogP contribution in [-0.4, -0.2) is 92.3 Å². The number of aliphatic hydroxyl groups excluding tert-OH is 1. The van der Waals surface area contributed by atoms with E-state index in [-0.39, 0.29) is 6.42 Å². The van der Waals surface area contributed by atoms with E-state index in [4.69, 9.17) is 5.11 Å². The fourth-order valence-electron chi connectivity index (χ4n) is 3.12. The van der Waals surface area contributed by atoms with Gasteiger partial charge in [-0.3, -0.25) is 19.2 Å². The number of carboxylic acid groups (broad SMARTS) is 2. The van der Waals surface area contributed by atoms with Crippen molar-refractivity contribution >= 4 is 29.7 Å². The first-order chi connectivity index (χ1) is 15.2. The molecule has 8 N–H and O–H groups in total. The summed E-state index contributed by atoms with van der Waals surface area (Å²) in [6.45, 7) is -0.151. The summed E-state index contributed by atoms with van der Waals surface area (Å²) in [5.41, 5.74) is 0.417. The van der Waals surface area contributed by atoms with E-state index in [0.29, 0.717) is 18.7 Å². The number of carboxylic acids is 2. The van der Waals surface area contributed by atoms with E-state index in [1.165, 1.54) is 12.5 Å². The average molecular weight is 454 g/mol. The Morgan fingerprint density at radius 3 is 2.28 bits per heavy atom. The molecule has 4 unspecified atom stereocenters. The third kappa shape index (κ3) is 7.31. The Bertz CT molecular complexity index is 823. The summed E-state index contributed by atoms with van der Waals surface area (Å²) >= 11 is 0. The molecule has 1 aromatic heterocycles. The maximum absolute atomic E-state index is 12.6. The standard InChI is InChI=1S/C18H26N6O8/c25-7-13(24-15(28)10-2-1-3-20-10)17(30)22-11(5-14(26)27)16(29)23-12(18(31)32)4-9-6-19-8-21-9/h6,8,10-13,20,25H,1-5,7H2,(H,19,21)(H,22,30)(H,23,29)(H,24,28)(H,26,27)(H,31,32). The molecule has 1 fully saturated rings. The van der Waals surface area contributed by atoms with Gasteiger partial charge in [-0.1, -0.05) is 0 Å². The molecule has 176 valence electrons. The Hall–Kier alpha value is -3.52. The van der Waals surface area contributed by atoms with Crippen molar-refractivity contribution in [1.82, 2.24) is 31.2 Å². The van der Waals surface area contributed by atoms with Crippen LogP contribution < -0.4 is 21.3 Å². The minimum Gasteiger partial charge on any atom is -0.481 e. The second-order valence-corrected chi connectivity index (χ2v) is 7.23. The van der Waals surface area contributed by atoms with Crippen molar-refractivity contribution in [1.29, 1.82) is 0 Å². The van der Waals surface area contributed by atoms with Crippen molar-refractivity contribution in [3.05, 3.63) is 18.2 Å². The molecule has 4 atom stereocenters. The molecule has 0 bridgehead atoms. The number of aromatic amines is 1. The molecule has 3 amide bonds. The minimum atomic E-state index is -1.64. The van der Waals surface area contributed by atoms with Gasteiger partial charge in [0.05, 0.1) is 25.4 Å². The van der Waals surface area contributed by atoms with Crippen molar-refractivity contribution in [2.75, 3.05) is 13.2 Å². The van der Waals surface area contributed by atoms with Crippen LogP contribution in [-0.2, 0) is 30.4 Å². The van der Waals surface area contributed by atoms with Crippen molar-refractivity contribution in [3.63, 3.8) is 0 Å². The zero-order valence-corrected chi connectivity index (χ0v) is 17.0. The van der Waals surface area contributed by atoms with Gasteiger partial charge in [-0.2, -0.15) is 0 Å². The summed E-state index contributed by atoms with van der Waals surface area (Å²) in [5, 5.41) is 37.6. The number of rotatable bonds is 12. The quantitative estimate of drug-likeness (QED) is 0.157. The van der Waals surface area contributed by atoms with Gasteiger partial charge in [0.2, 0.25) is 17.7 Å². The van der Waals surface area contributed by atoms with Gasteiger partial charge >= 0.3 is 11.9 Å². The summed E-state index contributed by atoms with van der Waals surface area (Å²) in [7, 11) is 0. The van der Waals surface area contributed by atoms with Gasteiger partial charge in [-0.25, -0.2) is 9.78 Å². The molecule has 14 heteroatoms. The number of hydrogen-bond donors (Lipinski definition) is 8. The van der Waals surface area contributed by atoms with Crippen LogP contribution in [0.15, 0.2) is 12.5 Å². The van der Waals surface area contributed by atoms with E-state index in [2.05, 4.69) is 31.2 Å². The predicted molar refractivity (Wildman–Crippen MR) is 106 cm³/mol. The van der Waals surface area contributed by atoms with Crippen LogP contribution in [0.3, 0.4) is 0 Å². The maximum atomic E-state index is 12.6. The number of carbonyl (C=O) groups excluding carboxylic acids is 3. The molecule has 2 heterocycles. The van der Waals surface area contributed by atoms with Crippen LogP contribution in [0, 0.1) is 0 Å². The van der Waals surface area contributed by atoms with E-state index in [1.54, 1.807) is 0 Å². The molecular formula is C18H26N6O8. The first kappa shape index (κ1) is 24.7. The third-order valence-corrected chi connectivity index (χ3v) is 4.80.